The first-order valence-electron chi connectivity index (χ1n) is 10.9. The molecule has 1 fully saturated rings. The van der Waals surface area contributed by atoms with Crippen molar-refractivity contribution in [2.75, 3.05) is 45.8 Å². The fourth-order valence-electron chi connectivity index (χ4n) is 4.06. The number of methoxy groups -OCH3 is 2. The maximum absolute atomic E-state index is 13.0. The monoisotopic (exact) mass is 477 g/mol. The number of piperidine rings is 1. The predicted octanol–water partition coefficient (Wildman–Crippen LogP) is 3.99. The number of ether oxygens (including phenoxy) is 2. The van der Waals surface area contributed by atoms with Gasteiger partial charge in [0, 0.05) is 44.4 Å². The zero-order chi connectivity index (χ0) is 24.3. The highest BCUT2D eigenvalue weighted by atomic mass is 19.4. The Morgan fingerprint density at radius 2 is 1.97 bits per heavy atom. The van der Waals surface area contributed by atoms with Crippen LogP contribution in [0.3, 0.4) is 0 Å². The van der Waals surface area contributed by atoms with E-state index in [1.165, 1.54) is 13.2 Å². The van der Waals surface area contributed by atoms with Gasteiger partial charge in [0.2, 0.25) is 0 Å². The van der Waals surface area contributed by atoms with Crippen LogP contribution >= 0.6 is 0 Å². The molecule has 1 N–H and O–H groups in total. The molecular formula is C23H26F3N5O3. The quantitative estimate of drug-likeness (QED) is 0.554. The second-order valence-electron chi connectivity index (χ2n) is 8.15. The summed E-state index contributed by atoms with van der Waals surface area (Å²) in [6.07, 6.45) is -0.802. The standard InChI is InChI=1S/C23H26F3N5O3/c1-33-11-10-30-8-6-16(7-9-30)31-14-15-12-19(20(34-2)13-18(15)29-31)28-22(32)17-4-3-5-21(27-17)23(24,25)26/h3-5,12-14,16H,6-11H2,1-2H3,(H,28,32). The number of hydrogen-bond donors (Lipinski definition) is 1. The Labute approximate surface area is 194 Å². The van der Waals surface area contributed by atoms with E-state index in [2.05, 4.69) is 15.2 Å². The largest absolute Gasteiger partial charge is 0.494 e. The van der Waals surface area contributed by atoms with Crippen LogP contribution in [0.2, 0.25) is 0 Å². The molecule has 2 aromatic heterocycles. The number of pyridine rings is 1. The second-order valence-corrected chi connectivity index (χ2v) is 8.15. The van der Waals surface area contributed by atoms with E-state index in [-0.39, 0.29) is 11.7 Å². The van der Waals surface area contributed by atoms with Crippen molar-refractivity contribution in [3.8, 4) is 5.75 Å². The molecule has 0 spiro atoms. The summed E-state index contributed by atoms with van der Waals surface area (Å²) in [4.78, 5) is 18.4. The molecule has 3 aromatic rings. The second kappa shape index (κ2) is 9.98. The van der Waals surface area contributed by atoms with Gasteiger partial charge in [0.05, 0.1) is 31.0 Å². The van der Waals surface area contributed by atoms with Crippen LogP contribution in [0.5, 0.6) is 5.75 Å². The van der Waals surface area contributed by atoms with Gasteiger partial charge < -0.3 is 19.7 Å². The molecule has 1 amide bonds. The van der Waals surface area contributed by atoms with Gasteiger partial charge in [0.25, 0.3) is 5.91 Å². The van der Waals surface area contributed by atoms with Crippen molar-refractivity contribution in [2.45, 2.75) is 25.1 Å². The Morgan fingerprint density at radius 1 is 1.21 bits per heavy atom. The first-order chi connectivity index (χ1) is 16.3. The summed E-state index contributed by atoms with van der Waals surface area (Å²) >= 11 is 0. The van der Waals surface area contributed by atoms with Crippen molar-refractivity contribution in [3.05, 3.63) is 47.9 Å². The van der Waals surface area contributed by atoms with Crippen LogP contribution in [-0.4, -0.2) is 66.0 Å². The number of nitrogens with one attached hydrogen (secondary N) is 1. The Balaban J connectivity index is 1.52. The van der Waals surface area contributed by atoms with E-state index < -0.39 is 17.8 Å². The summed E-state index contributed by atoms with van der Waals surface area (Å²) < 4.78 is 51.3. The number of carbonyl (C=O) groups is 1. The van der Waals surface area contributed by atoms with E-state index in [0.29, 0.717) is 23.6 Å². The van der Waals surface area contributed by atoms with Gasteiger partial charge in [0.15, 0.2) is 0 Å². The van der Waals surface area contributed by atoms with Gasteiger partial charge in [-0.25, -0.2) is 4.98 Å². The lowest BCUT2D eigenvalue weighted by Gasteiger charge is -2.31. The number of amides is 1. The maximum Gasteiger partial charge on any atom is 0.433 e. The number of likely N-dealkylation sites (tertiary alicyclic amines) is 1. The molecule has 0 radical (unpaired) electrons. The van der Waals surface area contributed by atoms with E-state index >= 15 is 0 Å². The number of nitrogens with zero attached hydrogens (tertiary/aromatic N) is 4. The Kier molecular flexibility index (Phi) is 7.03. The molecule has 1 aliphatic heterocycles. The van der Waals surface area contributed by atoms with Gasteiger partial charge >= 0.3 is 6.18 Å². The molecule has 0 aliphatic carbocycles. The van der Waals surface area contributed by atoms with Crippen LogP contribution in [0.4, 0.5) is 18.9 Å². The third kappa shape index (κ3) is 5.31. The summed E-state index contributed by atoms with van der Waals surface area (Å²) in [6.45, 7) is 3.53. The summed E-state index contributed by atoms with van der Waals surface area (Å²) in [5, 5.41) is 8.09. The zero-order valence-electron chi connectivity index (χ0n) is 18.9. The van der Waals surface area contributed by atoms with E-state index in [4.69, 9.17) is 14.6 Å². The molecule has 3 heterocycles. The van der Waals surface area contributed by atoms with Crippen molar-refractivity contribution < 1.29 is 27.4 Å². The molecule has 1 saturated heterocycles. The number of fused-ring (bicyclic) bond motifs is 1. The van der Waals surface area contributed by atoms with Crippen LogP contribution < -0.4 is 10.1 Å². The van der Waals surface area contributed by atoms with Crippen molar-refractivity contribution in [3.63, 3.8) is 0 Å². The van der Waals surface area contributed by atoms with Gasteiger partial charge in [-0.05, 0) is 31.0 Å². The number of hydrogen-bond acceptors (Lipinski definition) is 6. The number of halogens is 3. The molecule has 11 heteroatoms. The third-order valence-corrected chi connectivity index (χ3v) is 5.91. The zero-order valence-corrected chi connectivity index (χ0v) is 18.9. The third-order valence-electron chi connectivity index (χ3n) is 5.91. The van der Waals surface area contributed by atoms with E-state index in [1.807, 2.05) is 10.9 Å². The fraction of sp³-hybridized carbons (Fsp3) is 0.435. The Bertz CT molecular complexity index is 1160. The molecule has 0 unspecified atom stereocenters. The number of rotatable bonds is 7. The minimum atomic E-state index is -4.64. The summed E-state index contributed by atoms with van der Waals surface area (Å²) in [7, 11) is 3.15. The Morgan fingerprint density at radius 3 is 2.65 bits per heavy atom. The highest BCUT2D eigenvalue weighted by molar-refractivity contribution is 6.05. The maximum atomic E-state index is 13.0. The first kappa shape index (κ1) is 24.0. The molecular weight excluding hydrogens is 451 g/mol. The fourth-order valence-corrected chi connectivity index (χ4v) is 4.06. The predicted molar refractivity (Wildman–Crippen MR) is 120 cm³/mol. The smallest absolute Gasteiger partial charge is 0.433 e. The Hall–Kier alpha value is -3.18. The molecule has 8 nitrogen and oxygen atoms in total. The number of alkyl halides is 3. The van der Waals surface area contributed by atoms with Crippen LogP contribution in [0.1, 0.15) is 35.1 Å². The van der Waals surface area contributed by atoms with Crippen LogP contribution in [0.25, 0.3) is 10.9 Å². The van der Waals surface area contributed by atoms with Crippen LogP contribution in [0, 0.1) is 0 Å². The lowest BCUT2D eigenvalue weighted by Crippen LogP contribution is -2.36. The van der Waals surface area contributed by atoms with Gasteiger partial charge in [-0.3, -0.25) is 9.48 Å². The molecule has 1 aliphatic rings. The van der Waals surface area contributed by atoms with Crippen molar-refractivity contribution in [1.29, 1.82) is 0 Å². The lowest BCUT2D eigenvalue weighted by atomic mass is 10.1. The number of anilines is 1. The molecule has 0 bridgehead atoms. The van der Waals surface area contributed by atoms with Gasteiger partial charge in [-0.1, -0.05) is 6.07 Å². The molecule has 4 rings (SSSR count). The highest BCUT2D eigenvalue weighted by Gasteiger charge is 2.33. The van der Waals surface area contributed by atoms with Crippen molar-refractivity contribution in [2.24, 2.45) is 0 Å². The average molecular weight is 477 g/mol. The van der Waals surface area contributed by atoms with Crippen molar-refractivity contribution in [1.82, 2.24) is 19.7 Å². The SMILES string of the molecule is COCCN1CCC(n2cc3cc(NC(=O)c4cccc(C(F)(F)F)n4)c(OC)cc3n2)CC1. The normalized spacial score (nSPS) is 15.6. The topological polar surface area (TPSA) is 81.5 Å². The number of benzene rings is 1. The highest BCUT2D eigenvalue weighted by Crippen LogP contribution is 2.32. The lowest BCUT2D eigenvalue weighted by molar-refractivity contribution is -0.141. The number of aromatic nitrogens is 3. The molecule has 1 aromatic carbocycles. The summed E-state index contributed by atoms with van der Waals surface area (Å²) in [5.41, 5.74) is -0.438. The number of carbonyl (C=O) groups excluding carboxylic acids is 1. The first-order valence-corrected chi connectivity index (χ1v) is 10.9. The minimum Gasteiger partial charge on any atom is -0.494 e. The van der Waals surface area contributed by atoms with E-state index in [1.54, 1.807) is 19.2 Å². The molecule has 34 heavy (non-hydrogen) atoms. The van der Waals surface area contributed by atoms with Gasteiger partial charge in [-0.15, -0.1) is 0 Å². The summed E-state index contributed by atoms with van der Waals surface area (Å²) in [5.74, 6) is -0.410. The van der Waals surface area contributed by atoms with Gasteiger partial charge in [0.1, 0.15) is 17.1 Å². The summed E-state index contributed by atoms with van der Waals surface area (Å²) in [6, 6.07) is 6.86. The minimum absolute atomic E-state index is 0.254. The van der Waals surface area contributed by atoms with E-state index in [9.17, 15) is 18.0 Å². The van der Waals surface area contributed by atoms with Crippen LogP contribution in [0.15, 0.2) is 36.5 Å². The van der Waals surface area contributed by atoms with Gasteiger partial charge in [-0.2, -0.15) is 18.3 Å². The average Bonchev–Trinajstić information content (AvgIpc) is 3.25. The molecule has 182 valence electrons. The van der Waals surface area contributed by atoms with Crippen LogP contribution in [-0.2, 0) is 10.9 Å². The van der Waals surface area contributed by atoms with Crippen molar-refractivity contribution >= 4 is 22.5 Å². The molecule has 0 atom stereocenters. The molecule has 0 saturated carbocycles. The van der Waals surface area contributed by atoms with E-state index in [0.717, 1.165) is 50.0 Å².